The first kappa shape index (κ1) is 21.9. The van der Waals surface area contributed by atoms with E-state index in [0.29, 0.717) is 18.7 Å². The third kappa shape index (κ3) is 3.95. The van der Waals surface area contributed by atoms with E-state index in [1.807, 2.05) is 11.0 Å². The number of hydrogen-bond acceptors (Lipinski definition) is 6. The number of nitrogens with one attached hydrogen (secondary N) is 1. The number of hydrogen-bond donors (Lipinski definition) is 1. The smallest absolute Gasteiger partial charge is 0.230 e. The van der Waals surface area contributed by atoms with Crippen LogP contribution in [0.3, 0.4) is 0 Å². The molecular weight excluding hydrogens is 428 g/mol. The SMILES string of the molecule is COC1CCC(C(=O)N2Cc3cccnc3Nc3ccc(N4CCO[C@@H]5CCCC54)cc32)CC1. The lowest BCUT2D eigenvalue weighted by atomic mass is 9.86. The number of fused-ring (bicyclic) bond motifs is 3. The maximum Gasteiger partial charge on any atom is 0.230 e. The number of nitrogens with zero attached hydrogens (tertiary/aromatic N) is 3. The van der Waals surface area contributed by atoms with E-state index in [1.165, 1.54) is 18.5 Å². The second kappa shape index (κ2) is 9.19. The zero-order valence-electron chi connectivity index (χ0n) is 19.9. The fourth-order valence-electron chi connectivity index (χ4n) is 6.30. The fraction of sp³-hybridized carbons (Fsp3) is 0.556. The van der Waals surface area contributed by atoms with Crippen molar-refractivity contribution in [2.45, 2.75) is 69.7 Å². The summed E-state index contributed by atoms with van der Waals surface area (Å²) in [6, 6.07) is 11.0. The number of rotatable bonds is 3. The highest BCUT2D eigenvalue weighted by Gasteiger charge is 2.37. The first-order valence-electron chi connectivity index (χ1n) is 12.8. The van der Waals surface area contributed by atoms with E-state index < -0.39 is 0 Å². The summed E-state index contributed by atoms with van der Waals surface area (Å²) in [5.41, 5.74) is 4.12. The van der Waals surface area contributed by atoms with Crippen molar-refractivity contribution in [2.75, 3.05) is 35.4 Å². The van der Waals surface area contributed by atoms with Gasteiger partial charge in [-0.25, -0.2) is 4.98 Å². The Hall–Kier alpha value is -2.64. The average molecular weight is 463 g/mol. The number of anilines is 4. The molecule has 180 valence electrons. The van der Waals surface area contributed by atoms with Gasteiger partial charge in [0.1, 0.15) is 5.82 Å². The van der Waals surface area contributed by atoms with Gasteiger partial charge in [-0.3, -0.25) is 4.79 Å². The normalized spacial score (nSPS) is 28.4. The predicted octanol–water partition coefficient (Wildman–Crippen LogP) is 4.63. The molecule has 6 rings (SSSR count). The van der Waals surface area contributed by atoms with E-state index in [2.05, 4.69) is 39.5 Å². The predicted molar refractivity (Wildman–Crippen MR) is 133 cm³/mol. The van der Waals surface area contributed by atoms with Crippen LogP contribution >= 0.6 is 0 Å². The summed E-state index contributed by atoms with van der Waals surface area (Å²) >= 11 is 0. The van der Waals surface area contributed by atoms with E-state index in [9.17, 15) is 4.79 Å². The Morgan fingerprint density at radius 3 is 2.88 bits per heavy atom. The van der Waals surface area contributed by atoms with Crippen LogP contribution in [0.2, 0.25) is 0 Å². The van der Waals surface area contributed by atoms with Crippen LogP contribution in [0.15, 0.2) is 36.5 Å². The highest BCUT2D eigenvalue weighted by Crippen LogP contribution is 2.41. The van der Waals surface area contributed by atoms with E-state index in [4.69, 9.17) is 9.47 Å². The molecule has 3 fully saturated rings. The molecule has 0 bridgehead atoms. The molecule has 4 aliphatic rings. The minimum Gasteiger partial charge on any atom is -0.381 e. The maximum atomic E-state index is 13.9. The summed E-state index contributed by atoms with van der Waals surface area (Å²) in [5, 5.41) is 3.52. The molecule has 1 aromatic heterocycles. The summed E-state index contributed by atoms with van der Waals surface area (Å²) in [5.74, 6) is 1.08. The summed E-state index contributed by atoms with van der Waals surface area (Å²) in [6.07, 6.45) is 9.58. The second-order valence-electron chi connectivity index (χ2n) is 10.1. The number of aromatic nitrogens is 1. The van der Waals surface area contributed by atoms with E-state index in [1.54, 1.807) is 13.3 Å². The first-order chi connectivity index (χ1) is 16.7. The van der Waals surface area contributed by atoms with Crippen LogP contribution in [-0.2, 0) is 20.8 Å². The minimum atomic E-state index is 0.0312. The van der Waals surface area contributed by atoms with Crippen LogP contribution in [0.4, 0.5) is 22.9 Å². The van der Waals surface area contributed by atoms with E-state index in [0.717, 1.165) is 68.0 Å². The molecule has 7 heteroatoms. The van der Waals surface area contributed by atoms with Crippen molar-refractivity contribution in [1.29, 1.82) is 0 Å². The summed E-state index contributed by atoms with van der Waals surface area (Å²) in [6.45, 7) is 2.19. The Balaban J connectivity index is 1.35. The monoisotopic (exact) mass is 462 g/mol. The number of methoxy groups -OCH3 is 1. The summed E-state index contributed by atoms with van der Waals surface area (Å²) in [7, 11) is 1.77. The second-order valence-corrected chi connectivity index (χ2v) is 10.1. The van der Waals surface area contributed by atoms with Crippen LogP contribution in [0.1, 0.15) is 50.5 Å². The summed E-state index contributed by atoms with van der Waals surface area (Å²) < 4.78 is 11.6. The number of benzene rings is 1. The number of pyridine rings is 1. The fourth-order valence-corrected chi connectivity index (χ4v) is 6.30. The van der Waals surface area contributed by atoms with Crippen molar-refractivity contribution < 1.29 is 14.3 Å². The highest BCUT2D eigenvalue weighted by atomic mass is 16.5. The quantitative estimate of drug-likeness (QED) is 0.717. The molecule has 0 spiro atoms. The van der Waals surface area contributed by atoms with Gasteiger partial charge in [-0.1, -0.05) is 6.07 Å². The van der Waals surface area contributed by atoms with Crippen LogP contribution in [0.5, 0.6) is 0 Å². The Morgan fingerprint density at radius 2 is 2.03 bits per heavy atom. The standard InChI is InChI=1S/C27H34N4O3/c1-33-21-10-7-18(8-11-21)27(32)31-17-19-4-3-13-28-26(19)29-22-12-9-20(16-24(22)31)30-14-15-34-25-6-2-5-23(25)30/h3-4,9,12-13,16,18,21,23,25H,2,5-8,10-11,14-15,17H2,1H3,(H,28,29)/t18?,21?,23?,25-/m1/s1. The molecule has 1 saturated heterocycles. The van der Waals surface area contributed by atoms with Crippen molar-refractivity contribution in [3.8, 4) is 0 Å². The lowest BCUT2D eigenvalue weighted by Crippen LogP contribution is -2.48. The number of amides is 1. The van der Waals surface area contributed by atoms with Gasteiger partial charge in [0.2, 0.25) is 5.91 Å². The molecule has 1 amide bonds. The molecule has 2 aliphatic carbocycles. The number of carbonyl (C=O) groups is 1. The summed E-state index contributed by atoms with van der Waals surface area (Å²) in [4.78, 5) is 23.0. The third-order valence-corrected chi connectivity index (χ3v) is 8.18. The molecule has 7 nitrogen and oxygen atoms in total. The Morgan fingerprint density at radius 1 is 1.15 bits per heavy atom. The van der Waals surface area contributed by atoms with Crippen molar-refractivity contribution in [3.05, 3.63) is 42.1 Å². The van der Waals surface area contributed by atoms with Crippen LogP contribution in [-0.4, -0.2) is 49.4 Å². The molecule has 2 atom stereocenters. The maximum absolute atomic E-state index is 13.9. The molecule has 34 heavy (non-hydrogen) atoms. The van der Waals surface area contributed by atoms with Gasteiger partial charge in [-0.2, -0.15) is 0 Å². The molecule has 2 saturated carbocycles. The number of ether oxygens (including phenoxy) is 2. The average Bonchev–Trinajstić information content (AvgIpc) is 3.31. The van der Waals surface area contributed by atoms with Crippen molar-refractivity contribution in [2.24, 2.45) is 5.92 Å². The largest absolute Gasteiger partial charge is 0.381 e. The Bertz CT molecular complexity index is 1050. The van der Waals surface area contributed by atoms with Gasteiger partial charge in [0, 0.05) is 37.0 Å². The number of morpholine rings is 1. The van der Waals surface area contributed by atoms with Gasteiger partial charge in [0.25, 0.3) is 0 Å². The van der Waals surface area contributed by atoms with E-state index >= 15 is 0 Å². The molecule has 1 aromatic carbocycles. The molecule has 2 aromatic rings. The zero-order chi connectivity index (χ0) is 23.1. The topological polar surface area (TPSA) is 66.9 Å². The molecule has 3 heterocycles. The van der Waals surface area contributed by atoms with Crippen LogP contribution < -0.4 is 15.1 Å². The molecule has 2 aliphatic heterocycles. The molecule has 1 unspecified atom stereocenters. The van der Waals surface area contributed by atoms with Crippen LogP contribution in [0, 0.1) is 5.92 Å². The van der Waals surface area contributed by atoms with Gasteiger partial charge >= 0.3 is 0 Å². The number of carbonyl (C=O) groups excluding carboxylic acids is 1. The third-order valence-electron chi connectivity index (χ3n) is 8.18. The van der Waals surface area contributed by atoms with Gasteiger partial charge in [0.05, 0.1) is 42.8 Å². The lowest BCUT2D eigenvalue weighted by molar-refractivity contribution is -0.124. The molecule has 1 N–H and O–H groups in total. The molecule has 0 radical (unpaired) electrons. The van der Waals surface area contributed by atoms with Gasteiger partial charge in [0.15, 0.2) is 0 Å². The highest BCUT2D eigenvalue weighted by molar-refractivity contribution is 6.00. The lowest BCUT2D eigenvalue weighted by Gasteiger charge is -2.40. The van der Waals surface area contributed by atoms with Gasteiger partial charge in [-0.05, 0) is 69.2 Å². The zero-order valence-corrected chi connectivity index (χ0v) is 19.9. The van der Waals surface area contributed by atoms with Crippen molar-refractivity contribution in [1.82, 2.24) is 4.98 Å². The van der Waals surface area contributed by atoms with Gasteiger partial charge in [-0.15, -0.1) is 0 Å². The van der Waals surface area contributed by atoms with Crippen molar-refractivity contribution in [3.63, 3.8) is 0 Å². The van der Waals surface area contributed by atoms with Crippen molar-refractivity contribution >= 4 is 28.8 Å². The molecular formula is C27H34N4O3. The Kier molecular flexibility index (Phi) is 5.91. The minimum absolute atomic E-state index is 0.0312. The first-order valence-corrected chi connectivity index (χ1v) is 12.8. The van der Waals surface area contributed by atoms with Crippen LogP contribution in [0.25, 0.3) is 0 Å². The van der Waals surface area contributed by atoms with Gasteiger partial charge < -0.3 is 24.6 Å². The Labute approximate surface area is 201 Å². The van der Waals surface area contributed by atoms with E-state index in [-0.39, 0.29) is 17.9 Å².